The minimum absolute atomic E-state index is 0.186. The number of nitrogens with one attached hydrogen (secondary N) is 1. The van der Waals surface area contributed by atoms with Gasteiger partial charge in [-0.1, -0.05) is 18.2 Å². The Hall–Kier alpha value is -3.92. The number of hydrogen-bond donors (Lipinski definition) is 1. The summed E-state index contributed by atoms with van der Waals surface area (Å²) >= 11 is 2.90. The van der Waals surface area contributed by atoms with Crippen LogP contribution in [0.3, 0.4) is 0 Å². The summed E-state index contributed by atoms with van der Waals surface area (Å²) in [5.41, 5.74) is 6.30. The molecule has 0 bridgehead atoms. The van der Waals surface area contributed by atoms with Crippen molar-refractivity contribution < 1.29 is 4.79 Å². The van der Waals surface area contributed by atoms with Crippen molar-refractivity contribution in [2.45, 2.75) is 0 Å². The first-order valence-corrected chi connectivity index (χ1v) is 12.0. The van der Waals surface area contributed by atoms with Gasteiger partial charge in [0.05, 0.1) is 27.4 Å². The first-order valence-electron chi connectivity index (χ1n) is 10.3. The van der Waals surface area contributed by atoms with Crippen molar-refractivity contribution in [1.82, 2.24) is 14.9 Å². The van der Waals surface area contributed by atoms with E-state index in [1.54, 1.807) is 21.6 Å². The molecule has 7 nitrogen and oxygen atoms in total. The monoisotopic (exact) mass is 470 g/mol. The number of nitriles is 1. The van der Waals surface area contributed by atoms with Crippen LogP contribution >= 0.6 is 22.7 Å². The van der Waals surface area contributed by atoms with Gasteiger partial charge in [-0.2, -0.15) is 5.26 Å². The molecule has 0 aliphatic carbocycles. The Bertz CT molecular complexity index is 1420. The van der Waals surface area contributed by atoms with E-state index in [1.807, 2.05) is 41.9 Å². The molecule has 9 heteroatoms. The highest BCUT2D eigenvalue weighted by Gasteiger charge is 2.23. The molecule has 2 aromatic carbocycles. The summed E-state index contributed by atoms with van der Waals surface area (Å²) < 4.78 is 1.08. The summed E-state index contributed by atoms with van der Waals surface area (Å²) in [6.45, 7) is 2.49. The lowest BCUT2D eigenvalue weighted by Crippen LogP contribution is -2.50. The number of piperazine rings is 1. The van der Waals surface area contributed by atoms with Gasteiger partial charge in [-0.25, -0.2) is 14.8 Å². The molecule has 1 N–H and O–H groups in total. The van der Waals surface area contributed by atoms with E-state index >= 15 is 0 Å². The van der Waals surface area contributed by atoms with Crippen molar-refractivity contribution in [2.75, 3.05) is 36.4 Å². The molecule has 0 unspecified atom stereocenters. The highest BCUT2D eigenvalue weighted by atomic mass is 32.1. The third-order valence-corrected chi connectivity index (χ3v) is 7.21. The van der Waals surface area contributed by atoms with Crippen LogP contribution < -0.4 is 10.2 Å². The predicted molar refractivity (Wildman–Crippen MR) is 133 cm³/mol. The second kappa shape index (κ2) is 8.91. The maximum absolute atomic E-state index is 12.6. The van der Waals surface area contributed by atoms with Gasteiger partial charge in [0.2, 0.25) is 0 Å². The fourth-order valence-corrected chi connectivity index (χ4v) is 5.28. The standard InChI is InChI=1S/C24H18N6OS2/c1-2-22-27-21(14-32-22)28-24(31)30-10-8-29(9-11-30)17-6-7-18(16(12-17)13-25)19-4-3-5-20-23(19)33-15-26-20/h1,3-7,12,14-15H,8-11H2,(H,28,31). The number of nitrogens with zero attached hydrogens (tertiary/aromatic N) is 5. The first kappa shape index (κ1) is 21.0. The zero-order valence-electron chi connectivity index (χ0n) is 17.5. The molecular formula is C24H18N6OS2. The van der Waals surface area contributed by atoms with Crippen molar-refractivity contribution >= 4 is 50.4 Å². The first-order chi connectivity index (χ1) is 16.2. The fraction of sp³-hybridized carbons (Fsp3) is 0.167. The molecule has 2 aromatic heterocycles. The third-order valence-electron chi connectivity index (χ3n) is 5.57. The predicted octanol–water partition coefficient (Wildman–Crippen LogP) is 4.63. The Labute approximate surface area is 198 Å². The van der Waals surface area contributed by atoms with Crippen molar-refractivity contribution in [3.8, 4) is 29.5 Å². The van der Waals surface area contributed by atoms with Crippen molar-refractivity contribution in [1.29, 1.82) is 5.26 Å². The van der Waals surface area contributed by atoms with E-state index in [-0.39, 0.29) is 6.03 Å². The number of aromatic nitrogens is 2. The number of thiazole rings is 2. The summed E-state index contributed by atoms with van der Waals surface area (Å²) in [5, 5.41) is 14.9. The average Bonchev–Trinajstić information content (AvgIpc) is 3.53. The number of anilines is 2. The summed E-state index contributed by atoms with van der Waals surface area (Å²) in [4.78, 5) is 25.1. The minimum atomic E-state index is -0.186. The number of amides is 2. The van der Waals surface area contributed by atoms with Gasteiger partial charge >= 0.3 is 6.03 Å². The summed E-state index contributed by atoms with van der Waals surface area (Å²) in [6.07, 6.45) is 5.34. The highest BCUT2D eigenvalue weighted by molar-refractivity contribution is 7.17. The lowest BCUT2D eigenvalue weighted by Gasteiger charge is -2.36. The molecule has 33 heavy (non-hydrogen) atoms. The number of terminal acetylenes is 1. The molecular weight excluding hydrogens is 452 g/mol. The molecule has 0 atom stereocenters. The lowest BCUT2D eigenvalue weighted by atomic mass is 9.99. The number of benzene rings is 2. The minimum Gasteiger partial charge on any atom is -0.368 e. The molecule has 1 aliphatic rings. The van der Waals surface area contributed by atoms with Gasteiger partial charge in [0.15, 0.2) is 5.01 Å². The van der Waals surface area contributed by atoms with Gasteiger partial charge < -0.3 is 9.80 Å². The zero-order chi connectivity index (χ0) is 22.8. The Morgan fingerprint density at radius 2 is 1.97 bits per heavy atom. The normalized spacial score (nSPS) is 13.5. The number of carbonyl (C=O) groups excluding carboxylic acids is 1. The smallest absolute Gasteiger partial charge is 0.323 e. The van der Waals surface area contributed by atoms with Crippen LogP contribution in [0.4, 0.5) is 16.3 Å². The molecule has 1 fully saturated rings. The van der Waals surface area contributed by atoms with Crippen LogP contribution in [0.1, 0.15) is 10.6 Å². The van der Waals surface area contributed by atoms with Gasteiger partial charge in [-0.3, -0.25) is 5.32 Å². The van der Waals surface area contributed by atoms with Gasteiger partial charge in [0, 0.05) is 48.4 Å². The lowest BCUT2D eigenvalue weighted by molar-refractivity contribution is 0.208. The number of fused-ring (bicyclic) bond motifs is 1. The van der Waals surface area contributed by atoms with Crippen molar-refractivity contribution in [2.24, 2.45) is 0 Å². The summed E-state index contributed by atoms with van der Waals surface area (Å²) in [6, 6.07) is 14.1. The average molecular weight is 471 g/mol. The second-order valence-corrected chi connectivity index (χ2v) is 9.15. The van der Waals surface area contributed by atoms with Gasteiger partial charge in [-0.15, -0.1) is 29.1 Å². The molecule has 3 heterocycles. The molecule has 2 amide bonds. The van der Waals surface area contributed by atoms with Crippen LogP contribution in [0.15, 0.2) is 47.3 Å². The maximum atomic E-state index is 12.6. The second-order valence-electron chi connectivity index (χ2n) is 7.43. The zero-order valence-corrected chi connectivity index (χ0v) is 19.1. The van der Waals surface area contributed by atoms with E-state index in [4.69, 9.17) is 6.42 Å². The van der Waals surface area contributed by atoms with Gasteiger partial charge in [-0.05, 0) is 24.1 Å². The van der Waals surface area contributed by atoms with Crippen LogP contribution in [0.5, 0.6) is 0 Å². The highest BCUT2D eigenvalue weighted by Crippen LogP contribution is 2.34. The van der Waals surface area contributed by atoms with Gasteiger partial charge in [0.1, 0.15) is 5.82 Å². The van der Waals surface area contributed by atoms with Crippen LogP contribution in [-0.4, -0.2) is 47.1 Å². The van der Waals surface area contributed by atoms with Crippen molar-refractivity contribution in [3.63, 3.8) is 0 Å². The van der Waals surface area contributed by atoms with Crippen LogP contribution in [0, 0.1) is 23.7 Å². The number of rotatable bonds is 3. The van der Waals surface area contributed by atoms with E-state index in [0.717, 1.165) is 27.0 Å². The molecule has 4 aromatic rings. The maximum Gasteiger partial charge on any atom is 0.323 e. The number of hydrogen-bond acceptors (Lipinski definition) is 7. The number of carbonyl (C=O) groups is 1. The Morgan fingerprint density at radius 3 is 2.73 bits per heavy atom. The van der Waals surface area contributed by atoms with Crippen molar-refractivity contribution in [3.05, 3.63) is 57.9 Å². The molecule has 1 aliphatic heterocycles. The van der Waals surface area contributed by atoms with E-state index < -0.39 is 0 Å². The Balaban J connectivity index is 1.29. The SMILES string of the molecule is C#Cc1nc(NC(=O)N2CCN(c3ccc(-c4cccc5ncsc45)c(C#N)c3)CC2)cs1. The number of urea groups is 1. The molecule has 1 saturated heterocycles. The molecule has 0 radical (unpaired) electrons. The summed E-state index contributed by atoms with van der Waals surface area (Å²) in [7, 11) is 0. The fourth-order valence-electron chi connectivity index (χ4n) is 3.91. The van der Waals surface area contributed by atoms with E-state index in [0.29, 0.717) is 42.6 Å². The Kier molecular flexibility index (Phi) is 5.66. The van der Waals surface area contributed by atoms with E-state index in [1.165, 1.54) is 11.3 Å². The summed E-state index contributed by atoms with van der Waals surface area (Å²) in [5.74, 6) is 2.94. The van der Waals surface area contributed by atoms with E-state index in [9.17, 15) is 10.1 Å². The van der Waals surface area contributed by atoms with Crippen LogP contribution in [-0.2, 0) is 0 Å². The molecule has 162 valence electrons. The molecule has 0 saturated carbocycles. The van der Waals surface area contributed by atoms with Crippen LogP contribution in [0.2, 0.25) is 0 Å². The van der Waals surface area contributed by atoms with Gasteiger partial charge in [0.25, 0.3) is 0 Å². The topological polar surface area (TPSA) is 85.2 Å². The molecule has 5 rings (SSSR count). The largest absolute Gasteiger partial charge is 0.368 e. The Morgan fingerprint density at radius 1 is 1.12 bits per heavy atom. The van der Waals surface area contributed by atoms with E-state index in [2.05, 4.69) is 32.2 Å². The third kappa shape index (κ3) is 4.12. The van der Waals surface area contributed by atoms with Crippen LogP contribution in [0.25, 0.3) is 21.3 Å². The quantitative estimate of drug-likeness (QED) is 0.442. The molecule has 0 spiro atoms.